The Morgan fingerprint density at radius 2 is 1.63 bits per heavy atom. The Hall–Kier alpha value is -2.68. The Balaban J connectivity index is 2.22. The van der Waals surface area contributed by atoms with Gasteiger partial charge in [0.25, 0.3) is 5.56 Å². The molecule has 0 unspecified atom stereocenters. The molecule has 0 N–H and O–H groups in total. The summed E-state index contributed by atoms with van der Waals surface area (Å²) in [7, 11) is 0. The van der Waals surface area contributed by atoms with E-state index in [1.165, 1.54) is 0 Å². The molecule has 0 atom stereocenters. The average molecular weight is 249 g/mol. The van der Waals surface area contributed by atoms with Crippen molar-refractivity contribution in [2.75, 3.05) is 0 Å². The molecule has 0 bridgehead atoms. The third kappa shape index (κ3) is 1.95. The normalized spacial score (nSPS) is 10.5. The quantitative estimate of drug-likeness (QED) is 0.655. The van der Waals surface area contributed by atoms with Gasteiger partial charge in [0.2, 0.25) is 0 Å². The van der Waals surface area contributed by atoms with Gasteiger partial charge >= 0.3 is 0 Å². The molecule has 0 amide bonds. The number of fused-ring (bicyclic) bond motifs is 1. The van der Waals surface area contributed by atoms with Gasteiger partial charge in [-0.1, -0.05) is 18.2 Å². The highest BCUT2D eigenvalue weighted by Crippen LogP contribution is 2.12. The fourth-order valence-corrected chi connectivity index (χ4v) is 2.11. The molecule has 3 nitrogen and oxygen atoms in total. The number of aromatic nitrogens is 1. The lowest BCUT2D eigenvalue weighted by Gasteiger charge is -2.07. The van der Waals surface area contributed by atoms with Crippen molar-refractivity contribution in [1.82, 2.24) is 4.57 Å². The fourth-order valence-electron chi connectivity index (χ4n) is 2.11. The van der Waals surface area contributed by atoms with Gasteiger partial charge in [0.05, 0.1) is 0 Å². The molecule has 19 heavy (non-hydrogen) atoms. The van der Waals surface area contributed by atoms with Gasteiger partial charge in [-0.05, 0) is 41.8 Å². The molecule has 1 aromatic heterocycles. The van der Waals surface area contributed by atoms with Crippen molar-refractivity contribution < 1.29 is 4.79 Å². The third-order valence-electron chi connectivity index (χ3n) is 3.12. The van der Waals surface area contributed by atoms with Crippen molar-refractivity contribution in [3.8, 4) is 5.69 Å². The maximum absolute atomic E-state index is 12.4. The topological polar surface area (TPSA) is 39.1 Å². The predicted octanol–water partition coefficient (Wildman–Crippen LogP) is 2.80. The van der Waals surface area contributed by atoms with Crippen LogP contribution >= 0.6 is 0 Å². The van der Waals surface area contributed by atoms with E-state index in [1.54, 1.807) is 35.0 Å². The minimum absolute atomic E-state index is 0.0584. The number of hydrogen-bond donors (Lipinski definition) is 0. The van der Waals surface area contributed by atoms with Crippen LogP contribution in [0.25, 0.3) is 16.5 Å². The highest BCUT2D eigenvalue weighted by atomic mass is 16.1. The number of rotatable bonds is 2. The number of carbonyl (C=O) groups excluding carboxylic acids is 1. The molecular weight excluding hydrogens is 238 g/mol. The molecule has 0 saturated carbocycles. The van der Waals surface area contributed by atoms with Crippen molar-refractivity contribution in [3.63, 3.8) is 0 Å². The summed E-state index contributed by atoms with van der Waals surface area (Å²) < 4.78 is 1.58. The summed E-state index contributed by atoms with van der Waals surface area (Å²) in [6.07, 6.45) is 2.54. The number of aldehydes is 1. The average Bonchev–Trinajstić information content (AvgIpc) is 2.48. The minimum Gasteiger partial charge on any atom is -0.298 e. The van der Waals surface area contributed by atoms with Crippen LogP contribution in [0, 0.1) is 0 Å². The molecule has 0 aliphatic carbocycles. The molecule has 3 heteroatoms. The van der Waals surface area contributed by atoms with Crippen molar-refractivity contribution >= 4 is 17.1 Å². The van der Waals surface area contributed by atoms with Crippen molar-refractivity contribution in [2.24, 2.45) is 0 Å². The first-order valence-corrected chi connectivity index (χ1v) is 5.95. The summed E-state index contributed by atoms with van der Waals surface area (Å²) >= 11 is 0. The van der Waals surface area contributed by atoms with E-state index in [1.807, 2.05) is 30.3 Å². The van der Waals surface area contributed by atoms with Crippen LogP contribution in [-0.2, 0) is 0 Å². The molecule has 0 saturated heterocycles. The van der Waals surface area contributed by atoms with Crippen LogP contribution in [0.3, 0.4) is 0 Å². The largest absolute Gasteiger partial charge is 0.298 e. The van der Waals surface area contributed by atoms with E-state index >= 15 is 0 Å². The van der Waals surface area contributed by atoms with Crippen LogP contribution in [0.5, 0.6) is 0 Å². The molecule has 3 rings (SSSR count). The second kappa shape index (κ2) is 4.53. The molecule has 92 valence electrons. The summed E-state index contributed by atoms with van der Waals surface area (Å²) in [5.41, 5.74) is 1.29. The fraction of sp³-hybridized carbons (Fsp3) is 0. The molecule has 1 heterocycles. The number of carbonyl (C=O) groups is 1. The maximum atomic E-state index is 12.4. The third-order valence-corrected chi connectivity index (χ3v) is 3.12. The van der Waals surface area contributed by atoms with Gasteiger partial charge in [0.1, 0.15) is 6.29 Å². The van der Waals surface area contributed by atoms with Gasteiger partial charge in [-0.2, -0.15) is 0 Å². The van der Waals surface area contributed by atoms with Gasteiger partial charge in [-0.25, -0.2) is 0 Å². The summed E-state index contributed by atoms with van der Waals surface area (Å²) in [5.74, 6) is 0. The lowest BCUT2D eigenvalue weighted by Crippen LogP contribution is -2.17. The lowest BCUT2D eigenvalue weighted by molar-refractivity contribution is 0.112. The predicted molar refractivity (Wildman–Crippen MR) is 74.9 cm³/mol. The zero-order chi connectivity index (χ0) is 13.2. The molecule has 0 aliphatic rings. The first-order chi connectivity index (χ1) is 9.29. The molecule has 0 fully saturated rings. The number of benzene rings is 2. The van der Waals surface area contributed by atoms with Crippen LogP contribution in [0.4, 0.5) is 0 Å². The number of hydrogen-bond acceptors (Lipinski definition) is 2. The van der Waals surface area contributed by atoms with Gasteiger partial charge in [0.15, 0.2) is 0 Å². The zero-order valence-electron chi connectivity index (χ0n) is 10.1. The smallest absolute Gasteiger partial charge is 0.262 e. The minimum atomic E-state index is -0.0584. The first-order valence-electron chi connectivity index (χ1n) is 5.95. The Morgan fingerprint density at radius 1 is 0.895 bits per heavy atom. The van der Waals surface area contributed by atoms with Crippen LogP contribution < -0.4 is 5.56 Å². The maximum Gasteiger partial charge on any atom is 0.262 e. The Kier molecular flexibility index (Phi) is 2.72. The van der Waals surface area contributed by atoms with E-state index in [0.29, 0.717) is 10.9 Å². The van der Waals surface area contributed by atoms with E-state index < -0.39 is 0 Å². The van der Waals surface area contributed by atoms with Crippen molar-refractivity contribution in [1.29, 1.82) is 0 Å². The van der Waals surface area contributed by atoms with Crippen LogP contribution in [-0.4, -0.2) is 10.9 Å². The van der Waals surface area contributed by atoms with Crippen molar-refractivity contribution in [2.45, 2.75) is 0 Å². The van der Waals surface area contributed by atoms with Crippen LogP contribution in [0.15, 0.2) is 65.6 Å². The van der Waals surface area contributed by atoms with E-state index in [4.69, 9.17) is 0 Å². The number of pyridine rings is 1. The van der Waals surface area contributed by atoms with E-state index in [2.05, 4.69) is 0 Å². The van der Waals surface area contributed by atoms with Gasteiger partial charge in [-0.15, -0.1) is 0 Å². The van der Waals surface area contributed by atoms with Gasteiger partial charge in [-0.3, -0.25) is 14.2 Å². The first kappa shape index (κ1) is 11.4. The van der Waals surface area contributed by atoms with Crippen LogP contribution in [0.1, 0.15) is 10.4 Å². The molecular formula is C16H11NO2. The second-order valence-electron chi connectivity index (χ2n) is 4.29. The molecule has 2 aromatic carbocycles. The summed E-state index contributed by atoms with van der Waals surface area (Å²) in [6, 6.07) is 16.3. The Morgan fingerprint density at radius 3 is 2.37 bits per heavy atom. The van der Waals surface area contributed by atoms with Crippen molar-refractivity contribution in [3.05, 3.63) is 76.7 Å². The Labute approximate surface area is 109 Å². The summed E-state index contributed by atoms with van der Waals surface area (Å²) in [6.45, 7) is 0. The van der Waals surface area contributed by atoms with Gasteiger partial charge < -0.3 is 0 Å². The molecule has 3 aromatic rings. The highest BCUT2D eigenvalue weighted by molar-refractivity contribution is 5.81. The summed E-state index contributed by atoms with van der Waals surface area (Å²) in [4.78, 5) is 23.0. The highest BCUT2D eigenvalue weighted by Gasteiger charge is 2.03. The Bertz CT molecular complexity index is 801. The van der Waals surface area contributed by atoms with E-state index in [-0.39, 0.29) is 5.56 Å². The monoisotopic (exact) mass is 249 g/mol. The van der Waals surface area contributed by atoms with Crippen LogP contribution in [0.2, 0.25) is 0 Å². The van der Waals surface area contributed by atoms with Gasteiger partial charge in [0, 0.05) is 22.8 Å². The summed E-state index contributed by atoms with van der Waals surface area (Å²) in [5, 5.41) is 1.61. The van der Waals surface area contributed by atoms with E-state index in [0.717, 1.165) is 17.4 Å². The molecule has 0 spiro atoms. The molecule has 0 radical (unpaired) electrons. The molecule has 0 aliphatic heterocycles. The standard InChI is InChI=1S/C16H11NO2/c18-11-12-5-7-14(8-6-12)17-10-9-13-3-1-2-4-15(13)16(17)19/h1-11H. The van der Waals surface area contributed by atoms with E-state index in [9.17, 15) is 9.59 Å². The lowest BCUT2D eigenvalue weighted by atomic mass is 10.1. The SMILES string of the molecule is O=Cc1ccc(-n2ccc3ccccc3c2=O)cc1. The zero-order valence-corrected chi connectivity index (χ0v) is 10.1. The number of nitrogens with zero attached hydrogens (tertiary/aromatic N) is 1. The second-order valence-corrected chi connectivity index (χ2v) is 4.29.